The van der Waals surface area contributed by atoms with E-state index in [0.717, 1.165) is 12.8 Å². The fourth-order valence-electron chi connectivity index (χ4n) is 2.88. The van der Waals surface area contributed by atoms with E-state index in [9.17, 15) is 9.59 Å². The Labute approximate surface area is 157 Å². The fraction of sp³-hybridized carbons (Fsp3) is 0.368. The summed E-state index contributed by atoms with van der Waals surface area (Å²) in [6.07, 6.45) is 3.05. The molecule has 142 valence electrons. The molecule has 0 saturated carbocycles. The molecule has 1 saturated heterocycles. The second kappa shape index (κ2) is 8.98. The second-order valence-corrected chi connectivity index (χ2v) is 6.15. The Bertz CT molecular complexity index is 784. The summed E-state index contributed by atoms with van der Waals surface area (Å²) in [5.41, 5.74) is 0.530. The first-order valence-electron chi connectivity index (χ1n) is 8.80. The van der Waals surface area contributed by atoms with Gasteiger partial charge in [-0.3, -0.25) is 9.59 Å². The van der Waals surface area contributed by atoms with Crippen molar-refractivity contribution in [2.45, 2.75) is 18.9 Å². The minimum atomic E-state index is -0.262. The van der Waals surface area contributed by atoms with Crippen molar-refractivity contribution in [2.75, 3.05) is 26.7 Å². The predicted molar refractivity (Wildman–Crippen MR) is 97.6 cm³/mol. The molecule has 1 aliphatic heterocycles. The van der Waals surface area contributed by atoms with Gasteiger partial charge in [0.05, 0.1) is 20.2 Å². The number of methoxy groups -OCH3 is 1. The van der Waals surface area contributed by atoms with Crippen LogP contribution in [0, 0.1) is 0 Å². The van der Waals surface area contributed by atoms with Crippen LogP contribution in [-0.2, 0) is 4.79 Å². The number of piperidine rings is 1. The van der Waals surface area contributed by atoms with Gasteiger partial charge in [-0.2, -0.15) is 4.98 Å². The van der Waals surface area contributed by atoms with Crippen LogP contribution in [-0.4, -0.2) is 59.5 Å². The number of nitrogens with zero attached hydrogens (tertiary/aromatic N) is 3. The third kappa shape index (κ3) is 5.16. The summed E-state index contributed by atoms with van der Waals surface area (Å²) in [5.74, 6) is 0.0215. The number of benzene rings is 1. The van der Waals surface area contributed by atoms with Gasteiger partial charge in [-0.25, -0.2) is 4.98 Å². The van der Waals surface area contributed by atoms with Gasteiger partial charge in [0.25, 0.3) is 5.91 Å². The van der Waals surface area contributed by atoms with Gasteiger partial charge in [0.15, 0.2) is 0 Å². The van der Waals surface area contributed by atoms with E-state index >= 15 is 0 Å². The van der Waals surface area contributed by atoms with Crippen LogP contribution in [0.5, 0.6) is 11.9 Å². The van der Waals surface area contributed by atoms with Crippen LogP contribution in [0.3, 0.4) is 0 Å². The zero-order valence-corrected chi connectivity index (χ0v) is 15.1. The number of carbonyl (C=O) groups is 2. The molecular weight excluding hydrogens is 348 g/mol. The molecule has 1 aromatic heterocycles. The zero-order valence-electron chi connectivity index (χ0n) is 15.1. The molecule has 27 heavy (non-hydrogen) atoms. The van der Waals surface area contributed by atoms with Gasteiger partial charge in [0.1, 0.15) is 6.10 Å². The number of likely N-dealkylation sites (tertiary alicyclic amines) is 1. The summed E-state index contributed by atoms with van der Waals surface area (Å²) in [7, 11) is 1.49. The number of ether oxygens (including phenoxy) is 2. The molecule has 0 aliphatic carbocycles. The maximum atomic E-state index is 12.4. The monoisotopic (exact) mass is 370 g/mol. The lowest BCUT2D eigenvalue weighted by atomic mass is 10.1. The molecule has 1 aliphatic rings. The average molecular weight is 370 g/mol. The molecule has 1 fully saturated rings. The lowest BCUT2D eigenvalue weighted by Gasteiger charge is -2.32. The number of nitrogens with one attached hydrogen (secondary N) is 1. The van der Waals surface area contributed by atoms with Gasteiger partial charge in [0, 0.05) is 24.4 Å². The van der Waals surface area contributed by atoms with E-state index in [2.05, 4.69) is 15.3 Å². The maximum Gasteiger partial charge on any atom is 0.319 e. The van der Waals surface area contributed by atoms with E-state index in [-0.39, 0.29) is 30.5 Å². The van der Waals surface area contributed by atoms with Crippen LogP contribution in [0.2, 0.25) is 0 Å². The summed E-state index contributed by atoms with van der Waals surface area (Å²) in [6.45, 7) is 1.06. The molecule has 0 bridgehead atoms. The first-order chi connectivity index (χ1) is 13.2. The molecule has 2 heterocycles. The van der Waals surface area contributed by atoms with E-state index in [0.29, 0.717) is 24.5 Å². The second-order valence-electron chi connectivity index (χ2n) is 6.15. The Balaban J connectivity index is 1.51. The summed E-state index contributed by atoms with van der Waals surface area (Å²) >= 11 is 0. The molecular formula is C19H22N4O4. The Morgan fingerprint density at radius 2 is 2.07 bits per heavy atom. The minimum absolute atomic E-state index is 0.0399. The molecule has 3 rings (SSSR count). The van der Waals surface area contributed by atoms with Crippen molar-refractivity contribution in [1.82, 2.24) is 20.2 Å². The van der Waals surface area contributed by atoms with E-state index in [4.69, 9.17) is 9.47 Å². The maximum absolute atomic E-state index is 12.4. The molecule has 8 heteroatoms. The standard InChI is InChI=1S/C19H22N4O4/c1-26-19-20-10-9-16(22-19)27-15-8-5-11-23(13-15)17(24)12-21-18(25)14-6-3-2-4-7-14/h2-4,6-7,9-10,15H,5,8,11-13H2,1H3,(H,21,25). The third-order valence-electron chi connectivity index (χ3n) is 4.24. The number of amides is 2. The van der Waals surface area contributed by atoms with E-state index in [1.807, 2.05) is 6.07 Å². The summed E-state index contributed by atoms with van der Waals surface area (Å²) < 4.78 is 10.8. The number of hydrogen-bond donors (Lipinski definition) is 1. The average Bonchev–Trinajstić information content (AvgIpc) is 2.72. The number of hydrogen-bond acceptors (Lipinski definition) is 6. The minimum Gasteiger partial charge on any atom is -0.472 e. The summed E-state index contributed by atoms with van der Waals surface area (Å²) in [4.78, 5) is 34.3. The fourth-order valence-corrected chi connectivity index (χ4v) is 2.88. The Morgan fingerprint density at radius 3 is 2.85 bits per heavy atom. The van der Waals surface area contributed by atoms with Crippen molar-refractivity contribution in [3.8, 4) is 11.9 Å². The molecule has 2 amide bonds. The SMILES string of the molecule is COc1nccc(OC2CCCN(C(=O)CNC(=O)c3ccccc3)C2)n1. The van der Waals surface area contributed by atoms with Gasteiger partial charge in [-0.1, -0.05) is 18.2 Å². The first-order valence-corrected chi connectivity index (χ1v) is 8.80. The van der Waals surface area contributed by atoms with E-state index < -0.39 is 0 Å². The van der Waals surface area contributed by atoms with Crippen molar-refractivity contribution in [2.24, 2.45) is 0 Å². The van der Waals surface area contributed by atoms with Crippen LogP contribution >= 0.6 is 0 Å². The topological polar surface area (TPSA) is 93.7 Å². The lowest BCUT2D eigenvalue weighted by molar-refractivity contribution is -0.132. The van der Waals surface area contributed by atoms with Crippen molar-refractivity contribution < 1.29 is 19.1 Å². The number of rotatable bonds is 6. The van der Waals surface area contributed by atoms with Gasteiger partial charge in [-0.15, -0.1) is 0 Å². The molecule has 1 atom stereocenters. The normalized spacial score (nSPS) is 16.5. The molecule has 0 spiro atoms. The summed E-state index contributed by atoms with van der Waals surface area (Å²) in [6, 6.07) is 10.7. The smallest absolute Gasteiger partial charge is 0.319 e. The highest BCUT2D eigenvalue weighted by Crippen LogP contribution is 2.18. The number of aromatic nitrogens is 2. The third-order valence-corrected chi connectivity index (χ3v) is 4.24. The molecule has 0 radical (unpaired) electrons. The van der Waals surface area contributed by atoms with Crippen molar-refractivity contribution >= 4 is 11.8 Å². The van der Waals surface area contributed by atoms with E-state index in [1.54, 1.807) is 41.4 Å². The van der Waals surface area contributed by atoms with Crippen molar-refractivity contribution in [1.29, 1.82) is 0 Å². The largest absolute Gasteiger partial charge is 0.472 e. The van der Waals surface area contributed by atoms with Gasteiger partial charge in [-0.05, 0) is 25.0 Å². The molecule has 1 unspecified atom stereocenters. The Morgan fingerprint density at radius 1 is 1.26 bits per heavy atom. The zero-order chi connectivity index (χ0) is 19.1. The quantitative estimate of drug-likeness (QED) is 0.823. The van der Waals surface area contributed by atoms with Crippen LogP contribution < -0.4 is 14.8 Å². The molecule has 2 aromatic rings. The first kappa shape index (κ1) is 18.6. The van der Waals surface area contributed by atoms with E-state index in [1.165, 1.54) is 7.11 Å². The Kier molecular flexibility index (Phi) is 6.19. The highest BCUT2D eigenvalue weighted by Gasteiger charge is 2.25. The van der Waals surface area contributed by atoms with Gasteiger partial charge >= 0.3 is 6.01 Å². The van der Waals surface area contributed by atoms with Crippen LogP contribution in [0.1, 0.15) is 23.2 Å². The van der Waals surface area contributed by atoms with Gasteiger partial charge in [0.2, 0.25) is 11.8 Å². The van der Waals surface area contributed by atoms with Crippen LogP contribution in [0.25, 0.3) is 0 Å². The highest BCUT2D eigenvalue weighted by molar-refractivity contribution is 5.96. The lowest BCUT2D eigenvalue weighted by Crippen LogP contribution is -2.48. The van der Waals surface area contributed by atoms with Crippen molar-refractivity contribution in [3.05, 3.63) is 48.2 Å². The molecule has 8 nitrogen and oxygen atoms in total. The molecule has 1 aromatic carbocycles. The highest BCUT2D eigenvalue weighted by atomic mass is 16.5. The molecule has 1 N–H and O–H groups in total. The Hall–Kier alpha value is -3.16. The van der Waals surface area contributed by atoms with Crippen molar-refractivity contribution in [3.63, 3.8) is 0 Å². The van der Waals surface area contributed by atoms with Crippen LogP contribution in [0.15, 0.2) is 42.6 Å². The van der Waals surface area contributed by atoms with Gasteiger partial charge < -0.3 is 19.7 Å². The predicted octanol–water partition coefficient (Wildman–Crippen LogP) is 1.28. The number of carbonyl (C=O) groups excluding carboxylic acids is 2. The van der Waals surface area contributed by atoms with Crippen LogP contribution in [0.4, 0.5) is 0 Å². The summed E-state index contributed by atoms with van der Waals surface area (Å²) in [5, 5.41) is 2.67.